The topological polar surface area (TPSA) is 248 Å². The standard InChI is InChI=1S/C22H20O14/c23-7-21(20(31)22(32,33)18(28)17(36-21)19(29)30)35-13-6-12-14(16(27)15(13)26)10(25)5-11(34-12)8-1-3-9(24)4-2-8/h1-6,17-18,20,23-24,26-28,31-33H,7H2,(H,29,30)/t17-,18+,20-,21-/m0/s1. The molecule has 14 nitrogen and oxygen atoms in total. The zero-order valence-corrected chi connectivity index (χ0v) is 18.0. The maximum Gasteiger partial charge on any atom is 0.335 e. The minimum atomic E-state index is -3.57. The highest BCUT2D eigenvalue weighted by molar-refractivity contribution is 5.89. The van der Waals surface area contributed by atoms with E-state index in [-0.39, 0.29) is 17.1 Å². The molecule has 0 aliphatic carbocycles. The van der Waals surface area contributed by atoms with Crippen molar-refractivity contribution in [1.82, 2.24) is 0 Å². The molecule has 0 spiro atoms. The molecule has 192 valence electrons. The Morgan fingerprint density at radius 1 is 1.03 bits per heavy atom. The number of aromatic hydroxyl groups is 3. The second kappa shape index (κ2) is 8.63. The van der Waals surface area contributed by atoms with E-state index in [2.05, 4.69) is 0 Å². The monoisotopic (exact) mass is 508 g/mol. The summed E-state index contributed by atoms with van der Waals surface area (Å²) >= 11 is 0. The predicted octanol–water partition coefficient (Wildman–Crippen LogP) is -1.47. The van der Waals surface area contributed by atoms with Crippen molar-refractivity contribution in [1.29, 1.82) is 0 Å². The molecule has 2 aromatic carbocycles. The fourth-order valence-corrected chi connectivity index (χ4v) is 3.77. The maximum atomic E-state index is 12.6. The summed E-state index contributed by atoms with van der Waals surface area (Å²) < 4.78 is 15.9. The fourth-order valence-electron chi connectivity index (χ4n) is 3.77. The maximum absolute atomic E-state index is 12.6. The van der Waals surface area contributed by atoms with Gasteiger partial charge in [-0.2, -0.15) is 0 Å². The van der Waals surface area contributed by atoms with Crippen molar-refractivity contribution >= 4 is 16.9 Å². The van der Waals surface area contributed by atoms with Crippen LogP contribution in [0.5, 0.6) is 23.0 Å². The molecule has 0 radical (unpaired) electrons. The van der Waals surface area contributed by atoms with E-state index < -0.39 is 70.5 Å². The third kappa shape index (κ3) is 3.87. The summed E-state index contributed by atoms with van der Waals surface area (Å²) in [6.07, 6.45) is -7.73. The zero-order valence-electron chi connectivity index (χ0n) is 18.0. The van der Waals surface area contributed by atoms with Gasteiger partial charge in [-0.3, -0.25) is 4.79 Å². The molecule has 14 heteroatoms. The van der Waals surface area contributed by atoms with Crippen molar-refractivity contribution in [2.24, 2.45) is 0 Å². The number of aliphatic carboxylic acids is 1. The average molecular weight is 508 g/mol. The summed E-state index contributed by atoms with van der Waals surface area (Å²) in [6, 6.07) is 7.31. The van der Waals surface area contributed by atoms with Crippen molar-refractivity contribution < 1.29 is 64.6 Å². The molecule has 1 aromatic heterocycles. The summed E-state index contributed by atoms with van der Waals surface area (Å²) in [5.41, 5.74) is -0.852. The number of carbonyl (C=O) groups is 1. The second-order valence-electron chi connectivity index (χ2n) is 8.05. The van der Waals surface area contributed by atoms with Gasteiger partial charge in [0.05, 0.1) is 0 Å². The van der Waals surface area contributed by atoms with Crippen molar-refractivity contribution in [3.05, 3.63) is 46.6 Å². The lowest BCUT2D eigenvalue weighted by Gasteiger charge is -2.49. The molecule has 0 bridgehead atoms. The number of phenolic OH excluding ortho intramolecular Hbond substituents is 3. The normalized spacial score (nSPS) is 25.5. The molecular weight excluding hydrogens is 488 g/mol. The first-order valence-electron chi connectivity index (χ1n) is 10.2. The molecule has 9 N–H and O–H groups in total. The molecule has 1 aliphatic rings. The van der Waals surface area contributed by atoms with Crippen molar-refractivity contribution in [2.75, 3.05) is 6.61 Å². The zero-order chi connectivity index (χ0) is 26.6. The number of phenols is 3. The minimum Gasteiger partial charge on any atom is -0.508 e. The quantitative estimate of drug-likeness (QED) is 0.141. The number of hydrogen-bond donors (Lipinski definition) is 9. The van der Waals surface area contributed by atoms with Crippen LogP contribution in [0.1, 0.15) is 0 Å². The number of aliphatic hydroxyl groups excluding tert-OH is 3. The number of rotatable bonds is 5. The molecule has 0 saturated carbocycles. The summed E-state index contributed by atoms with van der Waals surface area (Å²) in [4.78, 5) is 24.1. The lowest BCUT2D eigenvalue weighted by molar-refractivity contribution is -0.411. The smallest absolute Gasteiger partial charge is 0.335 e. The third-order valence-corrected chi connectivity index (χ3v) is 5.70. The van der Waals surface area contributed by atoms with Gasteiger partial charge in [-0.05, 0) is 24.3 Å². The Balaban J connectivity index is 1.86. The van der Waals surface area contributed by atoms with E-state index in [0.29, 0.717) is 5.56 Å². The van der Waals surface area contributed by atoms with Crippen LogP contribution in [0.25, 0.3) is 22.3 Å². The van der Waals surface area contributed by atoms with Gasteiger partial charge in [0.25, 0.3) is 5.79 Å². The molecule has 1 saturated heterocycles. The highest BCUT2D eigenvalue weighted by Crippen LogP contribution is 2.45. The van der Waals surface area contributed by atoms with Crippen LogP contribution in [0.4, 0.5) is 0 Å². The summed E-state index contributed by atoms with van der Waals surface area (Å²) in [6.45, 7) is -1.44. The van der Waals surface area contributed by atoms with Crippen molar-refractivity contribution in [3.8, 4) is 34.3 Å². The first-order valence-corrected chi connectivity index (χ1v) is 10.2. The molecule has 1 aliphatic heterocycles. The summed E-state index contributed by atoms with van der Waals surface area (Å²) in [7, 11) is 0. The number of carboxylic acid groups (broad SMARTS) is 1. The molecule has 1 fully saturated rings. The van der Waals surface area contributed by atoms with E-state index in [9.17, 15) is 55.5 Å². The SMILES string of the molecule is O=C(O)[C@H]1O[C@](CO)(Oc2cc3oc(-c4ccc(O)cc4)cc(=O)c3c(O)c2O)[C@H](O)C(O)(O)[C@@H]1O. The fraction of sp³-hybridized carbons (Fsp3) is 0.273. The molecule has 0 amide bonds. The molecule has 4 rings (SSSR count). The Morgan fingerprint density at radius 2 is 1.67 bits per heavy atom. The van der Waals surface area contributed by atoms with Crippen LogP contribution < -0.4 is 10.2 Å². The number of ether oxygens (including phenoxy) is 2. The van der Waals surface area contributed by atoms with E-state index in [0.717, 1.165) is 12.1 Å². The lowest BCUT2D eigenvalue weighted by Crippen LogP contribution is -2.75. The third-order valence-electron chi connectivity index (χ3n) is 5.70. The van der Waals surface area contributed by atoms with Crippen LogP contribution in [-0.2, 0) is 9.53 Å². The first kappa shape index (κ1) is 25.2. The van der Waals surface area contributed by atoms with Crippen molar-refractivity contribution in [3.63, 3.8) is 0 Å². The Bertz CT molecular complexity index is 1380. The molecule has 0 unspecified atom stereocenters. The number of carboxylic acids is 1. The van der Waals surface area contributed by atoms with Gasteiger partial charge in [0.2, 0.25) is 11.5 Å². The molecule has 2 heterocycles. The van der Waals surface area contributed by atoms with Crippen molar-refractivity contribution in [2.45, 2.75) is 29.9 Å². The highest BCUT2D eigenvalue weighted by Gasteiger charge is 2.65. The molecule has 4 atom stereocenters. The van der Waals surface area contributed by atoms with Gasteiger partial charge < -0.3 is 59.8 Å². The summed E-state index contributed by atoms with van der Waals surface area (Å²) in [5, 5.41) is 89.5. The number of benzene rings is 2. The number of fused-ring (bicyclic) bond motifs is 1. The Labute approximate surface area is 199 Å². The Hall–Kier alpha value is -3.92. The van der Waals surface area contributed by atoms with Gasteiger partial charge in [0.15, 0.2) is 29.1 Å². The van der Waals surface area contributed by atoms with E-state index in [1.165, 1.54) is 24.3 Å². The van der Waals surface area contributed by atoms with E-state index in [1.807, 2.05) is 0 Å². The van der Waals surface area contributed by atoms with Gasteiger partial charge >= 0.3 is 5.97 Å². The van der Waals surface area contributed by atoms with E-state index >= 15 is 0 Å². The van der Waals surface area contributed by atoms with Gasteiger partial charge in [-0.1, -0.05) is 0 Å². The lowest BCUT2D eigenvalue weighted by atomic mass is 9.89. The van der Waals surface area contributed by atoms with Crippen LogP contribution in [0.15, 0.2) is 45.6 Å². The molecule has 3 aromatic rings. The van der Waals surface area contributed by atoms with Gasteiger partial charge in [0, 0.05) is 17.7 Å². The summed E-state index contributed by atoms with van der Waals surface area (Å²) in [5.74, 6) is -11.6. The Morgan fingerprint density at radius 3 is 2.25 bits per heavy atom. The highest BCUT2D eigenvalue weighted by atomic mass is 16.7. The van der Waals surface area contributed by atoms with Crippen LogP contribution in [-0.4, -0.2) is 88.4 Å². The second-order valence-corrected chi connectivity index (χ2v) is 8.05. The predicted molar refractivity (Wildman–Crippen MR) is 115 cm³/mol. The Kier molecular flexibility index (Phi) is 6.04. The average Bonchev–Trinajstić information content (AvgIpc) is 2.83. The molecule has 36 heavy (non-hydrogen) atoms. The van der Waals surface area contributed by atoms with Crippen LogP contribution in [0.3, 0.4) is 0 Å². The van der Waals surface area contributed by atoms with E-state index in [1.54, 1.807) is 0 Å². The van der Waals surface area contributed by atoms with Gasteiger partial charge in [-0.15, -0.1) is 0 Å². The largest absolute Gasteiger partial charge is 0.508 e. The van der Waals surface area contributed by atoms with E-state index in [4.69, 9.17) is 13.9 Å². The van der Waals surface area contributed by atoms with Gasteiger partial charge in [0.1, 0.15) is 35.2 Å². The van der Waals surface area contributed by atoms with Crippen LogP contribution in [0, 0.1) is 0 Å². The minimum absolute atomic E-state index is 0.0341. The molecular formula is C22H20O14. The van der Waals surface area contributed by atoms with Crippen LogP contribution >= 0.6 is 0 Å². The number of aliphatic hydroxyl groups is 5. The number of hydrogen-bond acceptors (Lipinski definition) is 13. The van der Waals surface area contributed by atoms with Crippen LogP contribution in [0.2, 0.25) is 0 Å². The van der Waals surface area contributed by atoms with Gasteiger partial charge in [-0.25, -0.2) is 4.79 Å². The first-order chi connectivity index (χ1) is 16.8.